The monoisotopic (exact) mass is 165 g/mol. The van der Waals surface area contributed by atoms with E-state index in [0.717, 1.165) is 0 Å². The van der Waals surface area contributed by atoms with Crippen LogP contribution in [0.4, 0.5) is 0 Å². The Morgan fingerprint density at radius 3 is 3.00 bits per heavy atom. The predicted octanol–water partition coefficient (Wildman–Crippen LogP) is -0.259. The summed E-state index contributed by atoms with van der Waals surface area (Å²) in [5.74, 6) is 1.90. The molecule has 0 saturated carbocycles. The molecule has 1 heterocycles. The van der Waals surface area contributed by atoms with E-state index in [-0.39, 0.29) is 18.1 Å². The molecule has 0 aromatic carbocycles. The zero-order valence-electron chi connectivity index (χ0n) is 6.50. The molecule has 5 heteroatoms. The minimum atomic E-state index is -0.369. The smallest absolute Gasteiger partial charge is 0.276 e. The van der Waals surface area contributed by atoms with Crippen molar-refractivity contribution in [3.8, 4) is 12.3 Å². The summed E-state index contributed by atoms with van der Waals surface area (Å²) in [5.41, 5.74) is 0.620. The summed E-state index contributed by atoms with van der Waals surface area (Å²) in [5, 5.41) is 9.29. The molecule has 0 aliphatic carbocycles. The maximum absolute atomic E-state index is 11.1. The summed E-state index contributed by atoms with van der Waals surface area (Å²) in [7, 11) is 0. The molecule has 5 nitrogen and oxygen atoms in total. The average molecular weight is 165 g/mol. The van der Waals surface area contributed by atoms with E-state index < -0.39 is 0 Å². The largest absolute Gasteiger partial charge is 0.340 e. The fourth-order valence-corrected chi connectivity index (χ4v) is 0.653. The van der Waals surface area contributed by atoms with Crippen molar-refractivity contribution in [3.05, 3.63) is 11.4 Å². The second-order valence-corrected chi connectivity index (χ2v) is 2.09. The number of nitrogens with zero attached hydrogens (tertiary/aromatic N) is 2. The van der Waals surface area contributed by atoms with Gasteiger partial charge in [0.1, 0.15) is 5.69 Å². The Labute approximate surface area is 69.1 Å². The number of hydrogen-bond donors (Lipinski definition) is 1. The molecule has 1 N–H and O–H groups in total. The van der Waals surface area contributed by atoms with Crippen LogP contribution in [0.2, 0.25) is 0 Å². The lowest BCUT2D eigenvalue weighted by Crippen LogP contribution is -2.24. The molecule has 0 spiro atoms. The van der Waals surface area contributed by atoms with Crippen LogP contribution in [0.1, 0.15) is 16.2 Å². The highest BCUT2D eigenvalue weighted by Gasteiger charge is 2.13. The number of amides is 1. The molecule has 1 aromatic rings. The lowest BCUT2D eigenvalue weighted by atomic mass is 10.3. The quantitative estimate of drug-likeness (QED) is 0.613. The fraction of sp³-hybridized carbons (Fsp3) is 0.286. The van der Waals surface area contributed by atoms with Crippen molar-refractivity contribution in [1.29, 1.82) is 0 Å². The first-order chi connectivity index (χ1) is 5.75. The summed E-state index contributed by atoms with van der Waals surface area (Å²) in [4.78, 5) is 11.1. The summed E-state index contributed by atoms with van der Waals surface area (Å²) < 4.78 is 4.33. The third-order valence-electron chi connectivity index (χ3n) is 1.22. The molecule has 0 aliphatic heterocycles. The van der Waals surface area contributed by atoms with Crippen LogP contribution in [0, 0.1) is 19.3 Å². The summed E-state index contributed by atoms with van der Waals surface area (Å²) in [6.07, 6.45) is 4.94. The van der Waals surface area contributed by atoms with Crippen LogP contribution in [0.5, 0.6) is 0 Å². The van der Waals surface area contributed by atoms with Crippen molar-refractivity contribution in [2.45, 2.75) is 6.92 Å². The SMILES string of the molecule is C#CCNC(=O)c1nonc1C. The van der Waals surface area contributed by atoms with Crippen molar-refractivity contribution in [1.82, 2.24) is 15.6 Å². The topological polar surface area (TPSA) is 68.0 Å². The molecule has 1 amide bonds. The third kappa shape index (κ3) is 1.61. The zero-order valence-corrected chi connectivity index (χ0v) is 6.50. The van der Waals surface area contributed by atoms with E-state index in [1.807, 2.05) is 0 Å². The van der Waals surface area contributed by atoms with Crippen LogP contribution in [0.25, 0.3) is 0 Å². The van der Waals surface area contributed by atoms with Crippen molar-refractivity contribution >= 4 is 5.91 Å². The molecule has 0 saturated heterocycles. The number of nitrogens with one attached hydrogen (secondary N) is 1. The molecule has 62 valence electrons. The highest BCUT2D eigenvalue weighted by Crippen LogP contribution is 1.98. The van der Waals surface area contributed by atoms with Crippen molar-refractivity contribution in [2.24, 2.45) is 0 Å². The van der Waals surface area contributed by atoms with Gasteiger partial charge in [-0.05, 0) is 12.1 Å². The van der Waals surface area contributed by atoms with Crippen LogP contribution in [0.15, 0.2) is 4.63 Å². The first-order valence-electron chi connectivity index (χ1n) is 3.26. The molecular weight excluding hydrogens is 158 g/mol. The molecule has 0 aliphatic rings. The minimum absolute atomic E-state index is 0.172. The van der Waals surface area contributed by atoms with Crippen molar-refractivity contribution in [2.75, 3.05) is 6.54 Å². The van der Waals surface area contributed by atoms with Gasteiger partial charge >= 0.3 is 0 Å². The van der Waals surface area contributed by atoms with Crippen LogP contribution in [-0.4, -0.2) is 22.8 Å². The Kier molecular flexibility index (Phi) is 2.43. The van der Waals surface area contributed by atoms with Gasteiger partial charge in [0.2, 0.25) is 0 Å². The van der Waals surface area contributed by atoms with Gasteiger partial charge in [-0.3, -0.25) is 4.79 Å². The van der Waals surface area contributed by atoms with E-state index in [2.05, 4.69) is 26.2 Å². The number of aromatic nitrogens is 2. The van der Waals surface area contributed by atoms with E-state index in [0.29, 0.717) is 5.69 Å². The molecule has 1 aromatic heterocycles. The van der Waals surface area contributed by atoms with E-state index in [4.69, 9.17) is 6.42 Å². The Morgan fingerprint density at radius 1 is 1.75 bits per heavy atom. The van der Waals surface area contributed by atoms with Gasteiger partial charge < -0.3 is 5.32 Å². The van der Waals surface area contributed by atoms with Gasteiger partial charge in [-0.1, -0.05) is 11.1 Å². The van der Waals surface area contributed by atoms with Gasteiger partial charge in [0.05, 0.1) is 6.54 Å². The molecule has 0 atom stereocenters. The normalized spacial score (nSPS) is 9.00. The summed E-state index contributed by atoms with van der Waals surface area (Å²) in [6.45, 7) is 1.80. The average Bonchev–Trinajstić information content (AvgIpc) is 2.47. The maximum Gasteiger partial charge on any atom is 0.276 e. The molecule has 1 rings (SSSR count). The molecule has 0 unspecified atom stereocenters. The number of carbonyl (C=O) groups excluding carboxylic acids is 1. The highest BCUT2D eigenvalue weighted by molar-refractivity contribution is 5.93. The van der Waals surface area contributed by atoms with Crippen LogP contribution >= 0.6 is 0 Å². The number of aryl methyl sites for hydroxylation is 1. The van der Waals surface area contributed by atoms with Gasteiger partial charge in [0.25, 0.3) is 5.91 Å². The lowest BCUT2D eigenvalue weighted by Gasteiger charge is -1.95. The molecule has 0 bridgehead atoms. The van der Waals surface area contributed by atoms with Crippen molar-refractivity contribution in [3.63, 3.8) is 0 Å². The minimum Gasteiger partial charge on any atom is -0.340 e. The van der Waals surface area contributed by atoms with Gasteiger partial charge in [0, 0.05) is 0 Å². The predicted molar refractivity (Wildman–Crippen MR) is 40.2 cm³/mol. The molecule has 0 fully saturated rings. The first kappa shape index (κ1) is 8.27. The number of hydrogen-bond acceptors (Lipinski definition) is 4. The fourth-order valence-electron chi connectivity index (χ4n) is 0.653. The Hall–Kier alpha value is -1.83. The second-order valence-electron chi connectivity index (χ2n) is 2.09. The number of rotatable bonds is 2. The second kappa shape index (κ2) is 3.53. The Balaban J connectivity index is 2.67. The standard InChI is InChI=1S/C7H7N3O2/c1-3-4-8-7(11)6-5(2)9-12-10-6/h1H,4H2,2H3,(H,8,11). The van der Waals surface area contributed by atoms with E-state index in [1.165, 1.54) is 0 Å². The van der Waals surface area contributed by atoms with Crippen LogP contribution in [0.3, 0.4) is 0 Å². The van der Waals surface area contributed by atoms with Crippen LogP contribution in [-0.2, 0) is 0 Å². The van der Waals surface area contributed by atoms with Crippen molar-refractivity contribution < 1.29 is 9.42 Å². The summed E-state index contributed by atoms with van der Waals surface area (Å²) in [6, 6.07) is 0. The molecule has 12 heavy (non-hydrogen) atoms. The maximum atomic E-state index is 11.1. The number of terminal acetylenes is 1. The number of carbonyl (C=O) groups is 1. The first-order valence-corrected chi connectivity index (χ1v) is 3.26. The molecular formula is C7H7N3O2. The van der Waals surface area contributed by atoms with Gasteiger partial charge in [-0.25, -0.2) is 4.63 Å². The Morgan fingerprint density at radius 2 is 2.50 bits per heavy atom. The zero-order chi connectivity index (χ0) is 8.97. The Bertz CT molecular complexity index is 324. The van der Waals surface area contributed by atoms with E-state index in [9.17, 15) is 4.79 Å². The van der Waals surface area contributed by atoms with Gasteiger partial charge in [-0.15, -0.1) is 6.42 Å². The van der Waals surface area contributed by atoms with E-state index in [1.54, 1.807) is 6.92 Å². The highest BCUT2D eigenvalue weighted by atomic mass is 16.6. The van der Waals surface area contributed by atoms with Gasteiger partial charge in [-0.2, -0.15) is 0 Å². The van der Waals surface area contributed by atoms with Crippen LogP contribution < -0.4 is 5.32 Å². The lowest BCUT2D eigenvalue weighted by molar-refractivity contribution is 0.0948. The third-order valence-corrected chi connectivity index (χ3v) is 1.22. The van der Waals surface area contributed by atoms with E-state index >= 15 is 0 Å². The van der Waals surface area contributed by atoms with Gasteiger partial charge in [0.15, 0.2) is 5.69 Å². The molecule has 0 radical (unpaired) electrons. The summed E-state index contributed by atoms with van der Waals surface area (Å²) >= 11 is 0.